The number of piperidine rings is 1. The molecule has 0 aliphatic carbocycles. The molecule has 0 radical (unpaired) electrons. The number of imidazole rings is 1. The Kier molecular flexibility index (Phi) is 3.16. The predicted octanol–water partition coefficient (Wildman–Crippen LogP) is -0.111. The third-order valence-corrected chi connectivity index (χ3v) is 4.71. The van der Waals surface area contributed by atoms with Crippen LogP contribution in [-0.4, -0.2) is 41.1 Å². The van der Waals surface area contributed by atoms with Gasteiger partial charge in [-0.2, -0.15) is 4.31 Å². The van der Waals surface area contributed by atoms with Crippen LogP contribution < -0.4 is 5.73 Å². The van der Waals surface area contributed by atoms with Gasteiger partial charge in [0.25, 0.3) is 10.0 Å². The minimum absolute atomic E-state index is 0.0469. The summed E-state index contributed by atoms with van der Waals surface area (Å²) in [6.45, 7) is 0.394. The molecule has 0 bridgehead atoms. The smallest absolute Gasteiger partial charge is 0.260 e. The third kappa shape index (κ3) is 2.18. The Hall–Kier alpha value is -1.41. The third-order valence-electron chi connectivity index (χ3n) is 2.87. The predicted molar refractivity (Wildman–Crippen MR) is 62.0 cm³/mol. The van der Waals surface area contributed by atoms with Gasteiger partial charge in [0.15, 0.2) is 5.03 Å². The van der Waals surface area contributed by atoms with Crippen LogP contribution in [0.5, 0.6) is 0 Å². The molecule has 17 heavy (non-hydrogen) atoms. The van der Waals surface area contributed by atoms with Crippen molar-refractivity contribution in [3.63, 3.8) is 0 Å². The van der Waals surface area contributed by atoms with E-state index in [0.29, 0.717) is 13.0 Å². The molecule has 0 aromatic carbocycles. The van der Waals surface area contributed by atoms with Gasteiger partial charge in [-0.3, -0.25) is 5.41 Å². The highest BCUT2D eigenvalue weighted by Crippen LogP contribution is 2.23. The number of aromatic nitrogens is 2. The maximum Gasteiger partial charge on any atom is 0.260 e. The van der Waals surface area contributed by atoms with Gasteiger partial charge in [-0.05, 0) is 12.8 Å². The summed E-state index contributed by atoms with van der Waals surface area (Å²) in [5, 5.41) is 7.52. The lowest BCUT2D eigenvalue weighted by molar-refractivity contribution is 0.303. The fourth-order valence-corrected chi connectivity index (χ4v) is 3.59. The average Bonchev–Trinajstić information content (AvgIpc) is 2.83. The standard InChI is InChI=1S/C9H15N5O2S/c10-9(11)7-3-1-2-4-14(7)17(15,16)8-5-12-6-13-8/h5-7H,1-4H2,(H3,10,11)(H,12,13). The Morgan fingerprint density at radius 3 is 2.94 bits per heavy atom. The second-order valence-corrected chi connectivity index (χ2v) is 5.86. The first kappa shape index (κ1) is 12.1. The fourth-order valence-electron chi connectivity index (χ4n) is 2.01. The lowest BCUT2D eigenvalue weighted by Gasteiger charge is -2.33. The number of sulfonamides is 1. The summed E-state index contributed by atoms with van der Waals surface area (Å²) in [6, 6.07) is -0.531. The Morgan fingerprint density at radius 1 is 1.59 bits per heavy atom. The second-order valence-electron chi connectivity index (χ2n) is 4.00. The molecule has 1 fully saturated rings. The number of aromatic amines is 1. The molecule has 1 saturated heterocycles. The largest absolute Gasteiger partial charge is 0.386 e. The zero-order chi connectivity index (χ0) is 12.5. The Bertz CT molecular complexity index is 495. The summed E-state index contributed by atoms with van der Waals surface area (Å²) >= 11 is 0. The van der Waals surface area contributed by atoms with Crippen LogP contribution in [-0.2, 0) is 10.0 Å². The average molecular weight is 257 g/mol. The topological polar surface area (TPSA) is 116 Å². The van der Waals surface area contributed by atoms with Gasteiger partial charge in [0.2, 0.25) is 0 Å². The van der Waals surface area contributed by atoms with Crippen molar-refractivity contribution in [1.29, 1.82) is 5.41 Å². The number of hydrogen-bond donors (Lipinski definition) is 3. The minimum atomic E-state index is -3.62. The normalized spacial score (nSPS) is 22.5. The number of nitrogens with one attached hydrogen (secondary N) is 2. The van der Waals surface area contributed by atoms with E-state index in [2.05, 4.69) is 9.97 Å². The van der Waals surface area contributed by atoms with Crippen LogP contribution in [0.2, 0.25) is 0 Å². The molecule has 1 aliphatic rings. The molecule has 94 valence electrons. The van der Waals surface area contributed by atoms with E-state index < -0.39 is 16.1 Å². The van der Waals surface area contributed by atoms with Gasteiger partial charge >= 0.3 is 0 Å². The van der Waals surface area contributed by atoms with E-state index in [0.717, 1.165) is 12.8 Å². The van der Waals surface area contributed by atoms with Crippen LogP contribution in [0, 0.1) is 5.41 Å². The molecular formula is C9H15N5O2S. The van der Waals surface area contributed by atoms with E-state index in [9.17, 15) is 8.42 Å². The summed E-state index contributed by atoms with van der Waals surface area (Å²) in [7, 11) is -3.62. The van der Waals surface area contributed by atoms with Crippen molar-refractivity contribution in [3.8, 4) is 0 Å². The molecule has 0 saturated carbocycles. The lowest BCUT2D eigenvalue weighted by atomic mass is 10.0. The number of rotatable bonds is 3. The van der Waals surface area contributed by atoms with Gasteiger partial charge in [0, 0.05) is 6.54 Å². The molecule has 4 N–H and O–H groups in total. The van der Waals surface area contributed by atoms with Crippen LogP contribution in [0.15, 0.2) is 17.6 Å². The maximum absolute atomic E-state index is 12.3. The molecule has 1 unspecified atom stereocenters. The van der Waals surface area contributed by atoms with Crippen LogP contribution in [0.1, 0.15) is 19.3 Å². The molecular weight excluding hydrogens is 242 g/mol. The quantitative estimate of drug-likeness (QED) is 0.517. The molecule has 0 amide bonds. The van der Waals surface area contributed by atoms with E-state index in [1.807, 2.05) is 0 Å². The number of H-pyrrole nitrogens is 1. The number of nitrogens with two attached hydrogens (primary N) is 1. The fraction of sp³-hybridized carbons (Fsp3) is 0.556. The molecule has 8 heteroatoms. The monoisotopic (exact) mass is 257 g/mol. The summed E-state index contributed by atoms with van der Waals surface area (Å²) in [5.41, 5.74) is 5.46. The van der Waals surface area contributed by atoms with Crippen molar-refractivity contribution >= 4 is 15.9 Å². The van der Waals surface area contributed by atoms with Crippen molar-refractivity contribution in [2.75, 3.05) is 6.54 Å². The Labute approximate surface area is 99.6 Å². The zero-order valence-corrected chi connectivity index (χ0v) is 10.1. The minimum Gasteiger partial charge on any atom is -0.386 e. The molecule has 1 aliphatic heterocycles. The molecule has 1 atom stereocenters. The molecule has 2 rings (SSSR count). The summed E-state index contributed by atoms with van der Waals surface area (Å²) in [5.74, 6) is -0.104. The van der Waals surface area contributed by atoms with Crippen molar-refractivity contribution in [2.24, 2.45) is 5.73 Å². The summed E-state index contributed by atoms with van der Waals surface area (Å²) in [4.78, 5) is 6.29. The van der Waals surface area contributed by atoms with E-state index in [1.165, 1.54) is 16.8 Å². The van der Waals surface area contributed by atoms with Crippen molar-refractivity contribution in [1.82, 2.24) is 14.3 Å². The Morgan fingerprint density at radius 2 is 2.35 bits per heavy atom. The van der Waals surface area contributed by atoms with Crippen LogP contribution >= 0.6 is 0 Å². The lowest BCUT2D eigenvalue weighted by Crippen LogP contribution is -2.50. The highest BCUT2D eigenvalue weighted by atomic mass is 32.2. The van der Waals surface area contributed by atoms with Crippen molar-refractivity contribution in [3.05, 3.63) is 12.5 Å². The van der Waals surface area contributed by atoms with Gasteiger partial charge in [-0.1, -0.05) is 6.42 Å². The SMILES string of the molecule is N=C(N)C1CCCCN1S(=O)(=O)c1cnc[nH]1. The van der Waals surface area contributed by atoms with E-state index in [1.54, 1.807) is 0 Å². The second kappa shape index (κ2) is 4.46. The highest BCUT2D eigenvalue weighted by Gasteiger charge is 2.35. The number of nitrogens with zero attached hydrogens (tertiary/aromatic N) is 2. The van der Waals surface area contributed by atoms with Gasteiger partial charge < -0.3 is 10.7 Å². The number of amidine groups is 1. The molecule has 0 spiro atoms. The van der Waals surface area contributed by atoms with Crippen molar-refractivity contribution in [2.45, 2.75) is 30.3 Å². The van der Waals surface area contributed by atoms with E-state index in [4.69, 9.17) is 11.1 Å². The highest BCUT2D eigenvalue weighted by molar-refractivity contribution is 7.89. The van der Waals surface area contributed by atoms with Crippen LogP contribution in [0.3, 0.4) is 0 Å². The molecule has 7 nitrogen and oxygen atoms in total. The van der Waals surface area contributed by atoms with E-state index >= 15 is 0 Å². The first-order valence-corrected chi connectivity index (χ1v) is 6.81. The van der Waals surface area contributed by atoms with Gasteiger partial charge in [-0.15, -0.1) is 0 Å². The molecule has 1 aromatic heterocycles. The van der Waals surface area contributed by atoms with Gasteiger partial charge in [0.05, 0.1) is 18.6 Å². The van der Waals surface area contributed by atoms with Crippen LogP contribution in [0.25, 0.3) is 0 Å². The Balaban J connectivity index is 2.34. The first-order valence-electron chi connectivity index (χ1n) is 5.37. The zero-order valence-electron chi connectivity index (χ0n) is 9.26. The molecule has 2 heterocycles. The van der Waals surface area contributed by atoms with Crippen LogP contribution in [0.4, 0.5) is 0 Å². The molecule has 1 aromatic rings. The summed E-state index contributed by atoms with van der Waals surface area (Å²) in [6.07, 6.45) is 4.86. The summed E-state index contributed by atoms with van der Waals surface area (Å²) < 4.78 is 25.8. The number of hydrogen-bond acceptors (Lipinski definition) is 4. The van der Waals surface area contributed by atoms with Gasteiger partial charge in [-0.25, -0.2) is 13.4 Å². The first-order chi connectivity index (χ1) is 8.03. The van der Waals surface area contributed by atoms with E-state index in [-0.39, 0.29) is 10.9 Å². The van der Waals surface area contributed by atoms with Crippen molar-refractivity contribution < 1.29 is 8.42 Å². The van der Waals surface area contributed by atoms with Gasteiger partial charge in [0.1, 0.15) is 5.84 Å². The maximum atomic E-state index is 12.3.